The van der Waals surface area contributed by atoms with Crippen molar-refractivity contribution in [1.29, 1.82) is 0 Å². The van der Waals surface area contributed by atoms with E-state index < -0.39 is 5.82 Å². The second-order valence-electron chi connectivity index (χ2n) is 4.50. The van der Waals surface area contributed by atoms with Gasteiger partial charge in [-0.1, -0.05) is 15.9 Å². The molecule has 0 bridgehead atoms. The highest BCUT2D eigenvalue weighted by Crippen LogP contribution is 2.25. The minimum atomic E-state index is -0.405. The molecule has 2 rings (SSSR count). The van der Waals surface area contributed by atoms with E-state index in [9.17, 15) is 9.18 Å². The first kappa shape index (κ1) is 15.2. The van der Waals surface area contributed by atoms with Gasteiger partial charge in [-0.2, -0.15) is 0 Å². The molecule has 20 heavy (non-hydrogen) atoms. The first-order chi connectivity index (χ1) is 9.38. The zero-order valence-corrected chi connectivity index (χ0v) is 14.1. The summed E-state index contributed by atoms with van der Waals surface area (Å²) < 4.78 is 14.9. The second-order valence-corrected chi connectivity index (χ2v) is 6.21. The molecule has 2 nitrogen and oxygen atoms in total. The monoisotopic (exact) mass is 399 g/mol. The average Bonchev–Trinajstić information content (AvgIpc) is 2.39. The molecule has 0 heterocycles. The largest absolute Gasteiger partial charge is 0.322 e. The topological polar surface area (TPSA) is 29.1 Å². The number of benzene rings is 2. The minimum absolute atomic E-state index is 0.259. The molecule has 0 aromatic heterocycles. The van der Waals surface area contributed by atoms with Gasteiger partial charge in [0.1, 0.15) is 5.82 Å². The van der Waals surface area contributed by atoms with Gasteiger partial charge < -0.3 is 5.32 Å². The fourth-order valence-electron chi connectivity index (χ4n) is 1.76. The SMILES string of the molecule is Cc1cc(C(=O)Nc2cc(F)c(Br)cc2C)ccc1Br. The fraction of sp³-hybridized carbons (Fsp3) is 0.133. The Bertz CT molecular complexity index is 686. The number of carbonyl (C=O) groups excluding carboxylic acids is 1. The number of carbonyl (C=O) groups is 1. The molecule has 0 aliphatic carbocycles. The van der Waals surface area contributed by atoms with Crippen LogP contribution in [0.15, 0.2) is 39.3 Å². The molecular weight excluding hydrogens is 389 g/mol. The van der Waals surface area contributed by atoms with Crippen LogP contribution < -0.4 is 5.32 Å². The molecule has 2 aromatic carbocycles. The Labute approximate surface area is 133 Å². The van der Waals surface area contributed by atoms with Crippen LogP contribution in [0.3, 0.4) is 0 Å². The fourth-order valence-corrected chi connectivity index (χ4v) is 2.47. The zero-order valence-electron chi connectivity index (χ0n) is 10.9. The quantitative estimate of drug-likeness (QED) is 0.735. The number of anilines is 1. The van der Waals surface area contributed by atoms with E-state index in [1.54, 1.807) is 18.2 Å². The Balaban J connectivity index is 2.27. The van der Waals surface area contributed by atoms with Crippen molar-refractivity contribution in [2.45, 2.75) is 13.8 Å². The molecule has 0 spiro atoms. The molecule has 104 valence electrons. The molecule has 1 N–H and O–H groups in total. The smallest absolute Gasteiger partial charge is 0.255 e. The Morgan fingerprint density at radius 3 is 2.40 bits per heavy atom. The normalized spacial score (nSPS) is 10.4. The maximum Gasteiger partial charge on any atom is 0.255 e. The van der Waals surface area contributed by atoms with E-state index in [2.05, 4.69) is 37.2 Å². The number of halogens is 3. The van der Waals surface area contributed by atoms with Crippen LogP contribution in [-0.4, -0.2) is 5.91 Å². The van der Waals surface area contributed by atoms with Gasteiger partial charge in [-0.05, 0) is 71.2 Å². The summed E-state index contributed by atoms with van der Waals surface area (Å²) in [4.78, 5) is 12.2. The summed E-state index contributed by atoms with van der Waals surface area (Å²) in [5, 5.41) is 2.73. The van der Waals surface area contributed by atoms with E-state index in [-0.39, 0.29) is 5.91 Å². The second kappa shape index (κ2) is 6.06. The van der Waals surface area contributed by atoms with Crippen LogP contribution in [0.25, 0.3) is 0 Å². The highest BCUT2D eigenvalue weighted by atomic mass is 79.9. The van der Waals surface area contributed by atoms with Gasteiger partial charge in [0.2, 0.25) is 0 Å². The Morgan fingerprint density at radius 1 is 1.05 bits per heavy atom. The highest BCUT2D eigenvalue weighted by Gasteiger charge is 2.11. The summed E-state index contributed by atoms with van der Waals surface area (Å²) in [7, 11) is 0. The predicted octanol–water partition coefficient (Wildman–Crippen LogP) is 5.22. The lowest BCUT2D eigenvalue weighted by Crippen LogP contribution is -2.13. The first-order valence-corrected chi connectivity index (χ1v) is 7.50. The summed E-state index contributed by atoms with van der Waals surface area (Å²) in [6, 6.07) is 8.26. The van der Waals surface area contributed by atoms with E-state index in [4.69, 9.17) is 0 Å². The van der Waals surface area contributed by atoms with Crippen LogP contribution in [-0.2, 0) is 0 Å². The van der Waals surface area contributed by atoms with Gasteiger partial charge in [0, 0.05) is 15.7 Å². The Kier molecular flexibility index (Phi) is 4.60. The van der Waals surface area contributed by atoms with Gasteiger partial charge in [0.25, 0.3) is 5.91 Å². The van der Waals surface area contributed by atoms with Crippen molar-refractivity contribution >= 4 is 43.5 Å². The molecule has 0 aliphatic heterocycles. The lowest BCUT2D eigenvalue weighted by molar-refractivity contribution is 0.102. The van der Waals surface area contributed by atoms with Crippen LogP contribution >= 0.6 is 31.9 Å². The van der Waals surface area contributed by atoms with Crippen molar-refractivity contribution in [3.8, 4) is 0 Å². The Morgan fingerprint density at radius 2 is 1.75 bits per heavy atom. The number of nitrogens with one attached hydrogen (secondary N) is 1. The molecule has 5 heteroatoms. The van der Waals surface area contributed by atoms with E-state index in [1.165, 1.54) is 6.07 Å². The molecule has 0 saturated carbocycles. The van der Waals surface area contributed by atoms with Crippen LogP contribution in [0.2, 0.25) is 0 Å². The lowest BCUT2D eigenvalue weighted by Gasteiger charge is -2.10. The predicted molar refractivity (Wildman–Crippen MR) is 85.7 cm³/mol. The van der Waals surface area contributed by atoms with E-state index in [0.29, 0.717) is 15.7 Å². The third kappa shape index (κ3) is 3.27. The molecule has 0 radical (unpaired) electrons. The summed E-state index contributed by atoms with van der Waals surface area (Å²) in [5.74, 6) is -0.664. The Hall–Kier alpha value is -1.20. The minimum Gasteiger partial charge on any atom is -0.322 e. The number of amides is 1. The molecule has 2 aromatic rings. The summed E-state index contributed by atoms with van der Waals surface area (Å²) >= 11 is 6.50. The molecule has 1 amide bonds. The standard InChI is InChI=1S/C15H12Br2FNO/c1-8-5-10(3-4-11(8)16)15(20)19-14-7-13(18)12(17)6-9(14)2/h3-7H,1-2H3,(H,19,20). The van der Waals surface area contributed by atoms with Crippen LogP contribution in [0, 0.1) is 19.7 Å². The number of rotatable bonds is 2. The maximum atomic E-state index is 13.5. The van der Waals surface area contributed by atoms with Crippen molar-refractivity contribution in [2.24, 2.45) is 0 Å². The molecule has 0 aliphatic rings. The third-order valence-corrected chi connectivity index (χ3v) is 4.43. The van der Waals surface area contributed by atoms with E-state index >= 15 is 0 Å². The molecule has 0 unspecified atom stereocenters. The van der Waals surface area contributed by atoms with Gasteiger partial charge in [0.05, 0.1) is 4.47 Å². The summed E-state index contributed by atoms with van der Waals surface area (Å²) in [6.07, 6.45) is 0. The van der Waals surface area contributed by atoms with E-state index in [0.717, 1.165) is 15.6 Å². The zero-order chi connectivity index (χ0) is 14.9. The molecular formula is C15H12Br2FNO. The van der Waals surface area contributed by atoms with E-state index in [1.807, 2.05) is 19.9 Å². The first-order valence-electron chi connectivity index (χ1n) is 5.91. The van der Waals surface area contributed by atoms with Gasteiger partial charge in [0.15, 0.2) is 0 Å². The molecule has 0 atom stereocenters. The summed E-state index contributed by atoms with van der Waals surface area (Å²) in [5.41, 5.74) is 2.77. The third-order valence-electron chi connectivity index (χ3n) is 2.94. The number of hydrogen-bond donors (Lipinski definition) is 1. The van der Waals surface area contributed by atoms with Crippen molar-refractivity contribution in [3.05, 3.63) is 61.8 Å². The van der Waals surface area contributed by atoms with Gasteiger partial charge in [-0.25, -0.2) is 4.39 Å². The van der Waals surface area contributed by atoms with Crippen molar-refractivity contribution in [2.75, 3.05) is 5.32 Å². The lowest BCUT2D eigenvalue weighted by atomic mass is 10.1. The van der Waals surface area contributed by atoms with Gasteiger partial charge >= 0.3 is 0 Å². The van der Waals surface area contributed by atoms with Crippen LogP contribution in [0.1, 0.15) is 21.5 Å². The van der Waals surface area contributed by atoms with Crippen LogP contribution in [0.4, 0.5) is 10.1 Å². The number of aryl methyl sites for hydroxylation is 2. The van der Waals surface area contributed by atoms with Crippen molar-refractivity contribution < 1.29 is 9.18 Å². The maximum absolute atomic E-state index is 13.5. The van der Waals surface area contributed by atoms with Crippen molar-refractivity contribution in [1.82, 2.24) is 0 Å². The molecule has 0 fully saturated rings. The molecule has 0 saturated heterocycles. The number of hydrogen-bond acceptors (Lipinski definition) is 1. The average molecular weight is 401 g/mol. The van der Waals surface area contributed by atoms with Crippen molar-refractivity contribution in [3.63, 3.8) is 0 Å². The van der Waals surface area contributed by atoms with Gasteiger partial charge in [-0.3, -0.25) is 4.79 Å². The van der Waals surface area contributed by atoms with Gasteiger partial charge in [-0.15, -0.1) is 0 Å². The van der Waals surface area contributed by atoms with Crippen LogP contribution in [0.5, 0.6) is 0 Å². The summed E-state index contributed by atoms with van der Waals surface area (Å²) in [6.45, 7) is 3.72. The highest BCUT2D eigenvalue weighted by molar-refractivity contribution is 9.10.